The SMILES string of the molecule is COCCNCC(=O)NC(CCSC)C(=O)O. The lowest BCUT2D eigenvalue weighted by Crippen LogP contribution is -2.45. The van der Waals surface area contributed by atoms with Crippen LogP contribution in [-0.4, -0.2) is 61.8 Å². The van der Waals surface area contributed by atoms with E-state index in [9.17, 15) is 9.59 Å². The Morgan fingerprint density at radius 2 is 2.18 bits per heavy atom. The Morgan fingerprint density at radius 1 is 1.47 bits per heavy atom. The first-order valence-electron chi connectivity index (χ1n) is 5.32. The number of methoxy groups -OCH3 is 1. The zero-order chi connectivity index (χ0) is 13.1. The lowest BCUT2D eigenvalue weighted by Gasteiger charge is -2.14. The lowest BCUT2D eigenvalue weighted by molar-refractivity contribution is -0.141. The predicted molar refractivity (Wildman–Crippen MR) is 67.3 cm³/mol. The van der Waals surface area contributed by atoms with Crippen molar-refractivity contribution in [3.8, 4) is 0 Å². The maximum Gasteiger partial charge on any atom is 0.326 e. The van der Waals surface area contributed by atoms with Crippen LogP contribution in [0, 0.1) is 0 Å². The van der Waals surface area contributed by atoms with Gasteiger partial charge in [-0.25, -0.2) is 4.79 Å². The van der Waals surface area contributed by atoms with Gasteiger partial charge in [-0.1, -0.05) is 0 Å². The van der Waals surface area contributed by atoms with E-state index < -0.39 is 12.0 Å². The Labute approximate surface area is 105 Å². The van der Waals surface area contributed by atoms with Gasteiger partial charge < -0.3 is 20.5 Å². The highest BCUT2D eigenvalue weighted by Gasteiger charge is 2.18. The van der Waals surface area contributed by atoms with Crippen LogP contribution in [0.3, 0.4) is 0 Å². The minimum atomic E-state index is -0.996. The van der Waals surface area contributed by atoms with Crippen molar-refractivity contribution in [1.29, 1.82) is 0 Å². The van der Waals surface area contributed by atoms with Crippen molar-refractivity contribution in [2.75, 3.05) is 38.8 Å². The number of amides is 1. The quantitative estimate of drug-likeness (QED) is 0.463. The molecule has 100 valence electrons. The topological polar surface area (TPSA) is 87.7 Å². The number of aliphatic carboxylic acids is 1. The molecular formula is C10H20N2O4S. The third kappa shape index (κ3) is 8.96. The van der Waals surface area contributed by atoms with E-state index in [0.29, 0.717) is 25.3 Å². The highest BCUT2D eigenvalue weighted by Crippen LogP contribution is 2.00. The van der Waals surface area contributed by atoms with E-state index >= 15 is 0 Å². The molecule has 0 rings (SSSR count). The number of rotatable bonds is 10. The van der Waals surface area contributed by atoms with Crippen molar-refractivity contribution in [2.24, 2.45) is 0 Å². The molecule has 0 saturated carbocycles. The molecule has 1 amide bonds. The monoisotopic (exact) mass is 264 g/mol. The summed E-state index contributed by atoms with van der Waals surface area (Å²) in [6.07, 6.45) is 2.33. The van der Waals surface area contributed by atoms with Gasteiger partial charge in [-0.15, -0.1) is 0 Å². The van der Waals surface area contributed by atoms with Crippen LogP contribution in [0.15, 0.2) is 0 Å². The fourth-order valence-electron chi connectivity index (χ4n) is 1.11. The summed E-state index contributed by atoms with van der Waals surface area (Å²) >= 11 is 1.55. The smallest absolute Gasteiger partial charge is 0.326 e. The normalized spacial score (nSPS) is 12.1. The molecule has 0 aliphatic rings. The predicted octanol–water partition coefficient (Wildman–Crippen LogP) is -0.455. The van der Waals surface area contributed by atoms with Crippen molar-refractivity contribution >= 4 is 23.6 Å². The Hall–Kier alpha value is -0.790. The number of nitrogens with one attached hydrogen (secondary N) is 2. The lowest BCUT2D eigenvalue weighted by atomic mass is 10.2. The van der Waals surface area contributed by atoms with Crippen LogP contribution in [0.2, 0.25) is 0 Å². The molecule has 0 saturated heterocycles. The number of hydrogen-bond donors (Lipinski definition) is 3. The molecule has 0 spiro atoms. The first-order valence-corrected chi connectivity index (χ1v) is 6.72. The molecule has 1 unspecified atom stereocenters. The number of thioether (sulfide) groups is 1. The number of carbonyl (C=O) groups excluding carboxylic acids is 1. The molecule has 17 heavy (non-hydrogen) atoms. The summed E-state index contributed by atoms with van der Waals surface area (Å²) < 4.78 is 4.80. The average Bonchev–Trinajstić information content (AvgIpc) is 2.29. The molecule has 7 heteroatoms. The molecule has 3 N–H and O–H groups in total. The average molecular weight is 264 g/mol. The van der Waals surface area contributed by atoms with E-state index in [2.05, 4.69) is 10.6 Å². The maximum absolute atomic E-state index is 11.4. The summed E-state index contributed by atoms with van der Waals surface area (Å²) in [6.45, 7) is 1.18. The van der Waals surface area contributed by atoms with E-state index in [-0.39, 0.29) is 12.5 Å². The van der Waals surface area contributed by atoms with Crippen molar-refractivity contribution < 1.29 is 19.4 Å². The van der Waals surface area contributed by atoms with Crippen LogP contribution in [0.5, 0.6) is 0 Å². The zero-order valence-corrected chi connectivity index (χ0v) is 11.0. The molecular weight excluding hydrogens is 244 g/mol. The third-order valence-corrected chi connectivity index (χ3v) is 2.66. The number of carboxylic acids is 1. The van der Waals surface area contributed by atoms with Crippen LogP contribution in [-0.2, 0) is 14.3 Å². The number of hydrogen-bond acceptors (Lipinski definition) is 5. The van der Waals surface area contributed by atoms with Crippen molar-refractivity contribution in [1.82, 2.24) is 10.6 Å². The first-order chi connectivity index (χ1) is 8.11. The van der Waals surface area contributed by atoms with Gasteiger partial charge in [0, 0.05) is 13.7 Å². The Morgan fingerprint density at radius 3 is 2.71 bits per heavy atom. The number of carboxylic acid groups (broad SMARTS) is 1. The van der Waals surface area contributed by atoms with E-state index in [1.54, 1.807) is 18.9 Å². The van der Waals surface area contributed by atoms with Crippen molar-refractivity contribution in [3.63, 3.8) is 0 Å². The van der Waals surface area contributed by atoms with E-state index in [1.165, 1.54) is 0 Å². The number of carbonyl (C=O) groups is 2. The van der Waals surface area contributed by atoms with Gasteiger partial charge in [-0.05, 0) is 18.4 Å². The molecule has 1 atom stereocenters. The standard InChI is InChI=1S/C10H20N2O4S/c1-16-5-4-11-7-9(13)12-8(10(14)15)3-6-17-2/h8,11H,3-7H2,1-2H3,(H,12,13)(H,14,15). The van der Waals surface area contributed by atoms with E-state index in [4.69, 9.17) is 9.84 Å². The fraction of sp³-hybridized carbons (Fsp3) is 0.800. The third-order valence-electron chi connectivity index (χ3n) is 2.01. The van der Waals surface area contributed by atoms with Gasteiger partial charge in [0.2, 0.25) is 5.91 Å². The Bertz CT molecular complexity index is 238. The van der Waals surface area contributed by atoms with Gasteiger partial charge in [0.25, 0.3) is 0 Å². The molecule has 0 radical (unpaired) electrons. The fourth-order valence-corrected chi connectivity index (χ4v) is 1.59. The van der Waals surface area contributed by atoms with Gasteiger partial charge >= 0.3 is 5.97 Å². The minimum absolute atomic E-state index is 0.104. The van der Waals surface area contributed by atoms with Crippen molar-refractivity contribution in [3.05, 3.63) is 0 Å². The Balaban J connectivity index is 3.83. The molecule has 0 fully saturated rings. The van der Waals surface area contributed by atoms with Crippen LogP contribution < -0.4 is 10.6 Å². The Kier molecular flexibility index (Phi) is 9.89. The molecule has 0 aromatic carbocycles. The summed E-state index contributed by atoms with van der Waals surface area (Å²) in [6, 6.07) is -0.806. The zero-order valence-electron chi connectivity index (χ0n) is 10.2. The molecule has 0 aliphatic heterocycles. The maximum atomic E-state index is 11.4. The van der Waals surface area contributed by atoms with Crippen LogP contribution >= 0.6 is 11.8 Å². The summed E-state index contributed by atoms with van der Waals surface area (Å²) in [5.74, 6) is -0.604. The largest absolute Gasteiger partial charge is 0.480 e. The molecule has 0 bridgehead atoms. The second-order valence-corrected chi connectivity index (χ2v) is 4.39. The number of ether oxygens (including phenoxy) is 1. The highest BCUT2D eigenvalue weighted by molar-refractivity contribution is 7.98. The summed E-state index contributed by atoms with van der Waals surface area (Å²) in [4.78, 5) is 22.3. The van der Waals surface area contributed by atoms with Crippen molar-refractivity contribution in [2.45, 2.75) is 12.5 Å². The summed E-state index contributed by atoms with van der Waals surface area (Å²) in [5.41, 5.74) is 0. The van der Waals surface area contributed by atoms with Crippen LogP contribution in [0.25, 0.3) is 0 Å². The molecule has 0 aliphatic carbocycles. The van der Waals surface area contributed by atoms with Crippen LogP contribution in [0.1, 0.15) is 6.42 Å². The summed E-state index contributed by atoms with van der Waals surface area (Å²) in [5, 5.41) is 14.2. The molecule has 0 aromatic heterocycles. The van der Waals surface area contributed by atoms with Gasteiger partial charge in [0.15, 0.2) is 0 Å². The van der Waals surface area contributed by atoms with Gasteiger partial charge in [0.05, 0.1) is 13.2 Å². The molecule has 6 nitrogen and oxygen atoms in total. The molecule has 0 heterocycles. The van der Waals surface area contributed by atoms with Gasteiger partial charge in [-0.2, -0.15) is 11.8 Å². The van der Waals surface area contributed by atoms with Gasteiger partial charge in [0.1, 0.15) is 6.04 Å². The minimum Gasteiger partial charge on any atom is -0.480 e. The summed E-state index contributed by atoms with van der Waals surface area (Å²) in [7, 11) is 1.57. The van der Waals surface area contributed by atoms with E-state index in [1.807, 2.05) is 6.26 Å². The van der Waals surface area contributed by atoms with Gasteiger partial charge in [-0.3, -0.25) is 4.79 Å². The van der Waals surface area contributed by atoms with E-state index in [0.717, 1.165) is 0 Å². The first kappa shape index (κ1) is 16.2. The molecule has 0 aromatic rings. The van der Waals surface area contributed by atoms with Crippen LogP contribution in [0.4, 0.5) is 0 Å². The second kappa shape index (κ2) is 10.4. The second-order valence-electron chi connectivity index (χ2n) is 3.41. The highest BCUT2D eigenvalue weighted by atomic mass is 32.2.